The molecule has 0 saturated heterocycles. The average molecular weight is 274 g/mol. The molecular formula is C8H10N4O3S2. The van der Waals surface area contributed by atoms with E-state index in [0.717, 1.165) is 6.07 Å². The van der Waals surface area contributed by atoms with Gasteiger partial charge in [0.05, 0.1) is 4.90 Å². The Hall–Kier alpha value is -1.71. The summed E-state index contributed by atoms with van der Waals surface area (Å²) < 4.78 is 22.1. The maximum Gasteiger partial charge on any atom is 0.269 e. The first-order chi connectivity index (χ1) is 7.80. The highest BCUT2D eigenvalue weighted by Gasteiger charge is 2.11. The maximum atomic E-state index is 11.5. The van der Waals surface area contributed by atoms with E-state index in [1.54, 1.807) is 0 Å². The Kier molecular flexibility index (Phi) is 3.99. The summed E-state index contributed by atoms with van der Waals surface area (Å²) in [4.78, 5) is 11.4. The van der Waals surface area contributed by atoms with Crippen molar-refractivity contribution in [2.45, 2.75) is 4.90 Å². The van der Waals surface area contributed by atoms with Crippen LogP contribution in [0.1, 0.15) is 10.4 Å². The number of benzene rings is 1. The van der Waals surface area contributed by atoms with Gasteiger partial charge >= 0.3 is 0 Å². The van der Waals surface area contributed by atoms with E-state index in [1.807, 2.05) is 0 Å². The standard InChI is InChI=1S/C8H10N4O3S2/c9-8(16)12-11-7(13)5-2-1-3-6(4-5)17(10,14)15/h1-4H,(H,11,13)(H3,9,12,16)(H2,10,14,15). The summed E-state index contributed by atoms with van der Waals surface area (Å²) in [6.07, 6.45) is 0. The van der Waals surface area contributed by atoms with Crippen molar-refractivity contribution in [3.63, 3.8) is 0 Å². The Bertz CT molecular complexity index is 556. The lowest BCUT2D eigenvalue weighted by molar-refractivity contribution is 0.0944. The van der Waals surface area contributed by atoms with Crippen LogP contribution in [-0.4, -0.2) is 19.4 Å². The van der Waals surface area contributed by atoms with Crippen LogP contribution in [0.2, 0.25) is 0 Å². The SMILES string of the molecule is NC(=S)NNC(=O)c1cccc(S(N)(=O)=O)c1. The molecule has 7 nitrogen and oxygen atoms in total. The van der Waals surface area contributed by atoms with Crippen molar-refractivity contribution in [1.29, 1.82) is 0 Å². The molecule has 0 radical (unpaired) electrons. The normalized spacial score (nSPS) is 10.6. The molecule has 9 heteroatoms. The van der Waals surface area contributed by atoms with Gasteiger partial charge in [-0.2, -0.15) is 0 Å². The highest BCUT2D eigenvalue weighted by molar-refractivity contribution is 7.89. The Balaban J connectivity index is 2.93. The van der Waals surface area contributed by atoms with Crippen LogP contribution in [0.5, 0.6) is 0 Å². The molecule has 0 saturated carbocycles. The molecule has 17 heavy (non-hydrogen) atoms. The fourth-order valence-electron chi connectivity index (χ4n) is 1.00. The van der Waals surface area contributed by atoms with Crippen LogP contribution in [0.3, 0.4) is 0 Å². The monoisotopic (exact) mass is 274 g/mol. The third-order valence-electron chi connectivity index (χ3n) is 1.72. The molecular weight excluding hydrogens is 264 g/mol. The lowest BCUT2D eigenvalue weighted by Crippen LogP contribution is -2.44. The number of nitrogens with one attached hydrogen (secondary N) is 2. The lowest BCUT2D eigenvalue weighted by Gasteiger charge is -2.06. The van der Waals surface area contributed by atoms with Crippen molar-refractivity contribution < 1.29 is 13.2 Å². The lowest BCUT2D eigenvalue weighted by atomic mass is 10.2. The van der Waals surface area contributed by atoms with Gasteiger partial charge in [-0.15, -0.1) is 0 Å². The van der Waals surface area contributed by atoms with Crippen LogP contribution >= 0.6 is 12.2 Å². The van der Waals surface area contributed by atoms with Crippen LogP contribution in [0.25, 0.3) is 0 Å². The number of hydrogen-bond donors (Lipinski definition) is 4. The minimum Gasteiger partial charge on any atom is -0.375 e. The maximum absolute atomic E-state index is 11.5. The molecule has 1 rings (SSSR count). The Labute approximate surface area is 103 Å². The van der Waals surface area contributed by atoms with Gasteiger partial charge in [0, 0.05) is 5.56 Å². The predicted octanol–water partition coefficient (Wildman–Crippen LogP) is -1.19. The highest BCUT2D eigenvalue weighted by Crippen LogP contribution is 2.09. The number of carbonyl (C=O) groups is 1. The Morgan fingerprint density at radius 3 is 2.47 bits per heavy atom. The second-order valence-electron chi connectivity index (χ2n) is 3.02. The molecule has 0 unspecified atom stereocenters. The van der Waals surface area contributed by atoms with Crippen molar-refractivity contribution in [1.82, 2.24) is 10.9 Å². The number of hydrogen-bond acceptors (Lipinski definition) is 4. The van der Waals surface area contributed by atoms with E-state index in [1.165, 1.54) is 18.2 Å². The highest BCUT2D eigenvalue weighted by atomic mass is 32.2. The van der Waals surface area contributed by atoms with Gasteiger partial charge in [0.15, 0.2) is 5.11 Å². The summed E-state index contributed by atoms with van der Waals surface area (Å²) in [5, 5.41) is 4.82. The van der Waals surface area contributed by atoms with E-state index in [-0.39, 0.29) is 15.6 Å². The molecule has 0 aromatic heterocycles. The molecule has 92 valence electrons. The average Bonchev–Trinajstić information content (AvgIpc) is 2.25. The summed E-state index contributed by atoms with van der Waals surface area (Å²) in [5.41, 5.74) is 9.64. The number of nitrogens with two attached hydrogens (primary N) is 2. The Morgan fingerprint density at radius 2 is 1.94 bits per heavy atom. The first kappa shape index (κ1) is 13.4. The number of carbonyl (C=O) groups excluding carboxylic acids is 1. The van der Waals surface area contributed by atoms with Gasteiger partial charge in [-0.3, -0.25) is 15.6 Å². The number of primary sulfonamides is 1. The number of sulfonamides is 1. The molecule has 1 aromatic rings. The predicted molar refractivity (Wildman–Crippen MR) is 65.2 cm³/mol. The van der Waals surface area contributed by atoms with Gasteiger partial charge in [0.25, 0.3) is 5.91 Å². The molecule has 0 heterocycles. The molecule has 1 amide bonds. The molecule has 0 aliphatic carbocycles. The Morgan fingerprint density at radius 1 is 1.29 bits per heavy atom. The number of rotatable bonds is 2. The summed E-state index contributed by atoms with van der Waals surface area (Å²) in [5.74, 6) is -0.580. The molecule has 0 spiro atoms. The minimum atomic E-state index is -3.84. The molecule has 1 aromatic carbocycles. The zero-order valence-electron chi connectivity index (χ0n) is 8.51. The van der Waals surface area contributed by atoms with E-state index in [4.69, 9.17) is 10.9 Å². The van der Waals surface area contributed by atoms with Gasteiger partial charge in [-0.25, -0.2) is 13.6 Å². The van der Waals surface area contributed by atoms with Crippen molar-refractivity contribution in [2.75, 3.05) is 0 Å². The van der Waals surface area contributed by atoms with Crippen LogP contribution < -0.4 is 21.7 Å². The van der Waals surface area contributed by atoms with Crippen molar-refractivity contribution >= 4 is 33.3 Å². The second-order valence-corrected chi connectivity index (χ2v) is 5.02. The summed E-state index contributed by atoms with van der Waals surface area (Å²) in [6.45, 7) is 0. The summed E-state index contributed by atoms with van der Waals surface area (Å²) in [7, 11) is -3.84. The van der Waals surface area contributed by atoms with Crippen LogP contribution in [-0.2, 0) is 10.0 Å². The number of thiocarbonyl (C=S) groups is 1. The van der Waals surface area contributed by atoms with Gasteiger partial charge in [-0.1, -0.05) is 6.07 Å². The van der Waals surface area contributed by atoms with E-state index in [9.17, 15) is 13.2 Å². The van der Waals surface area contributed by atoms with Crippen molar-refractivity contribution in [2.24, 2.45) is 10.9 Å². The fourth-order valence-corrected chi connectivity index (χ4v) is 1.62. The summed E-state index contributed by atoms with van der Waals surface area (Å²) >= 11 is 4.48. The first-order valence-corrected chi connectivity index (χ1v) is 6.25. The third-order valence-corrected chi connectivity index (χ3v) is 2.74. The van der Waals surface area contributed by atoms with E-state index in [0.29, 0.717) is 0 Å². The van der Waals surface area contributed by atoms with E-state index in [2.05, 4.69) is 23.1 Å². The topological polar surface area (TPSA) is 127 Å². The van der Waals surface area contributed by atoms with Crippen molar-refractivity contribution in [3.05, 3.63) is 29.8 Å². The first-order valence-electron chi connectivity index (χ1n) is 4.29. The van der Waals surface area contributed by atoms with Crippen molar-refractivity contribution in [3.8, 4) is 0 Å². The summed E-state index contributed by atoms with van der Waals surface area (Å²) in [6, 6.07) is 5.25. The van der Waals surface area contributed by atoms with E-state index >= 15 is 0 Å². The molecule has 0 aliphatic heterocycles. The van der Waals surface area contributed by atoms with Crippen LogP contribution in [0.15, 0.2) is 29.2 Å². The minimum absolute atomic E-state index is 0.110. The van der Waals surface area contributed by atoms with Crippen LogP contribution in [0.4, 0.5) is 0 Å². The number of amides is 1. The second kappa shape index (κ2) is 5.08. The molecule has 0 bridgehead atoms. The number of hydrazine groups is 1. The van der Waals surface area contributed by atoms with Gasteiger partial charge in [-0.05, 0) is 30.4 Å². The third kappa shape index (κ3) is 3.98. The van der Waals surface area contributed by atoms with Gasteiger partial charge in [0.2, 0.25) is 10.0 Å². The molecule has 0 fully saturated rings. The molecule has 6 N–H and O–H groups in total. The quantitative estimate of drug-likeness (QED) is 0.397. The zero-order chi connectivity index (χ0) is 13.1. The largest absolute Gasteiger partial charge is 0.375 e. The molecule has 0 aliphatic rings. The zero-order valence-corrected chi connectivity index (χ0v) is 10.1. The molecule has 0 atom stereocenters. The van der Waals surface area contributed by atoms with Gasteiger partial charge < -0.3 is 5.73 Å². The van der Waals surface area contributed by atoms with E-state index < -0.39 is 15.9 Å². The van der Waals surface area contributed by atoms with Crippen LogP contribution in [0, 0.1) is 0 Å². The van der Waals surface area contributed by atoms with Gasteiger partial charge in [0.1, 0.15) is 0 Å². The fraction of sp³-hybridized carbons (Fsp3) is 0. The smallest absolute Gasteiger partial charge is 0.269 e.